The lowest BCUT2D eigenvalue weighted by Crippen LogP contribution is -2.68. The van der Waals surface area contributed by atoms with E-state index < -0.39 is 14.1 Å². The smallest absolute Gasteiger partial charge is 0.334 e. The molecule has 0 radical (unpaired) electrons. The molecule has 0 unspecified atom stereocenters. The van der Waals surface area contributed by atoms with Crippen LogP contribution in [0.1, 0.15) is 60.8 Å². The van der Waals surface area contributed by atoms with E-state index in [0.29, 0.717) is 39.0 Å². The summed E-state index contributed by atoms with van der Waals surface area (Å²) in [5.41, 5.74) is -1.26. The van der Waals surface area contributed by atoms with Crippen LogP contribution in [0, 0.1) is 0 Å². The number of nitrogens with one attached hydrogen (secondary N) is 2. The minimum atomic E-state index is -2.24. The fourth-order valence-corrected chi connectivity index (χ4v) is 7.44. The normalized spacial score (nSPS) is 23.7. The second kappa shape index (κ2) is 7.81. The van der Waals surface area contributed by atoms with Gasteiger partial charge in [0.05, 0.1) is 0 Å². The van der Waals surface area contributed by atoms with Crippen LogP contribution < -0.4 is 10.6 Å². The van der Waals surface area contributed by atoms with Crippen LogP contribution in [-0.4, -0.2) is 61.8 Å². The number of urea groups is 1. The first kappa shape index (κ1) is 22.3. The molecular weight excluding hydrogens is 362 g/mol. The van der Waals surface area contributed by atoms with Crippen LogP contribution >= 0.6 is 0 Å². The number of hydrogen-bond donors (Lipinski definition) is 2. The van der Waals surface area contributed by atoms with E-state index in [2.05, 4.69) is 38.3 Å². The van der Waals surface area contributed by atoms with Crippen LogP contribution in [0.4, 0.5) is 4.79 Å². The van der Waals surface area contributed by atoms with Gasteiger partial charge in [-0.15, -0.1) is 0 Å². The molecule has 27 heavy (non-hydrogen) atoms. The van der Waals surface area contributed by atoms with Gasteiger partial charge in [-0.1, -0.05) is 0 Å². The highest BCUT2D eigenvalue weighted by Crippen LogP contribution is 2.39. The Bertz CT molecular complexity index is 557. The predicted octanol–water partition coefficient (Wildman–Crippen LogP) is 2.75. The number of imide groups is 1. The van der Waals surface area contributed by atoms with Gasteiger partial charge in [0.25, 0.3) is 5.91 Å². The third-order valence-corrected chi connectivity index (χ3v) is 8.38. The molecule has 0 atom stereocenters. The van der Waals surface area contributed by atoms with Crippen molar-refractivity contribution in [1.29, 1.82) is 0 Å². The minimum absolute atomic E-state index is 0.0914. The van der Waals surface area contributed by atoms with E-state index in [0.717, 1.165) is 6.04 Å². The van der Waals surface area contributed by atoms with Gasteiger partial charge in [0.2, 0.25) is 0 Å². The minimum Gasteiger partial charge on any atom is -0.395 e. The van der Waals surface area contributed by atoms with Crippen LogP contribution in [0.2, 0.25) is 12.6 Å². The van der Waals surface area contributed by atoms with E-state index in [1.165, 1.54) is 4.90 Å². The maximum absolute atomic E-state index is 13.2. The van der Waals surface area contributed by atoms with Crippen molar-refractivity contribution >= 4 is 20.5 Å². The number of piperidine rings is 1. The van der Waals surface area contributed by atoms with E-state index in [1.807, 2.05) is 20.4 Å². The molecule has 0 aromatic rings. The monoisotopic (exact) mass is 399 g/mol. The molecule has 156 valence electrons. The Morgan fingerprint density at radius 2 is 1.56 bits per heavy atom. The van der Waals surface area contributed by atoms with Crippen LogP contribution in [-0.2, 0) is 13.6 Å². The number of nitrogens with zero attached hydrogens (tertiary/aromatic N) is 1. The molecule has 3 amide bonds. The SMILES string of the molecule is CCO[Si](C)(CCCN1C(=O)NC2(CC(C)(C)NC(C)(C)C2)C1=O)OCC. The second-order valence-corrected chi connectivity index (χ2v) is 12.7. The van der Waals surface area contributed by atoms with Gasteiger partial charge >= 0.3 is 14.6 Å². The van der Waals surface area contributed by atoms with E-state index in [1.54, 1.807) is 0 Å². The zero-order valence-electron chi connectivity index (χ0n) is 18.0. The van der Waals surface area contributed by atoms with Gasteiger partial charge in [0, 0.05) is 30.8 Å². The molecule has 0 bridgehead atoms. The Morgan fingerprint density at radius 1 is 1.04 bits per heavy atom. The first-order valence-corrected chi connectivity index (χ1v) is 12.6. The summed E-state index contributed by atoms with van der Waals surface area (Å²) in [4.78, 5) is 27.2. The Kier molecular flexibility index (Phi) is 6.46. The number of rotatable bonds is 8. The van der Waals surface area contributed by atoms with E-state index >= 15 is 0 Å². The Labute approximate surface area is 164 Å². The average molecular weight is 400 g/mol. The third-order valence-electron chi connectivity index (χ3n) is 5.32. The Balaban J connectivity index is 2.06. The van der Waals surface area contributed by atoms with Gasteiger partial charge in [-0.05, 0) is 73.4 Å². The molecule has 0 aromatic heterocycles. The first-order valence-electron chi connectivity index (χ1n) is 10.1. The van der Waals surface area contributed by atoms with Gasteiger partial charge in [0.15, 0.2) is 0 Å². The molecule has 0 aromatic carbocycles. The molecule has 2 fully saturated rings. The summed E-state index contributed by atoms with van der Waals surface area (Å²) >= 11 is 0. The van der Waals surface area contributed by atoms with Gasteiger partial charge < -0.3 is 19.5 Å². The summed E-state index contributed by atoms with van der Waals surface area (Å²) in [5, 5.41) is 6.60. The highest BCUT2D eigenvalue weighted by molar-refractivity contribution is 6.66. The highest BCUT2D eigenvalue weighted by Gasteiger charge is 2.58. The van der Waals surface area contributed by atoms with Crippen molar-refractivity contribution in [3.63, 3.8) is 0 Å². The van der Waals surface area contributed by atoms with Gasteiger partial charge in [0.1, 0.15) is 5.54 Å². The predicted molar refractivity (Wildman–Crippen MR) is 108 cm³/mol. The standard InChI is InChI=1S/C19H37N3O4Si/c1-8-25-27(7,26-9-2)12-10-11-22-15(23)19(20-16(22)24)13-17(3,4)21-18(5,6)14-19/h21H,8-14H2,1-7H3,(H,20,24). The molecular formula is C19H37N3O4Si. The second-order valence-electron chi connectivity index (χ2n) is 9.32. The molecule has 2 heterocycles. The molecule has 2 aliphatic heterocycles. The van der Waals surface area contributed by atoms with Crippen molar-refractivity contribution in [2.45, 2.75) is 90.0 Å². The molecule has 0 aliphatic carbocycles. The van der Waals surface area contributed by atoms with Crippen LogP contribution in [0.5, 0.6) is 0 Å². The van der Waals surface area contributed by atoms with Crippen LogP contribution in [0.15, 0.2) is 0 Å². The lowest BCUT2D eigenvalue weighted by atomic mass is 9.71. The molecule has 8 heteroatoms. The third kappa shape index (κ3) is 5.10. The summed E-state index contributed by atoms with van der Waals surface area (Å²) in [6.07, 6.45) is 1.88. The van der Waals surface area contributed by atoms with E-state index in [4.69, 9.17) is 8.85 Å². The molecule has 2 saturated heterocycles. The van der Waals surface area contributed by atoms with Crippen LogP contribution in [0.3, 0.4) is 0 Å². The number of carbonyl (C=O) groups excluding carboxylic acids is 2. The summed E-state index contributed by atoms with van der Waals surface area (Å²) < 4.78 is 11.7. The van der Waals surface area contributed by atoms with Gasteiger partial charge in [-0.3, -0.25) is 9.69 Å². The zero-order valence-corrected chi connectivity index (χ0v) is 19.0. The largest absolute Gasteiger partial charge is 0.395 e. The number of carbonyl (C=O) groups is 2. The fourth-order valence-electron chi connectivity index (χ4n) is 5.05. The van der Waals surface area contributed by atoms with Crippen molar-refractivity contribution in [3.8, 4) is 0 Å². The van der Waals surface area contributed by atoms with Crippen molar-refractivity contribution < 1.29 is 18.4 Å². The highest BCUT2D eigenvalue weighted by atomic mass is 28.4. The Morgan fingerprint density at radius 3 is 2.04 bits per heavy atom. The van der Waals surface area contributed by atoms with E-state index in [9.17, 15) is 9.59 Å². The van der Waals surface area contributed by atoms with Crippen molar-refractivity contribution in [2.75, 3.05) is 19.8 Å². The zero-order chi connectivity index (χ0) is 20.5. The molecule has 7 nitrogen and oxygen atoms in total. The summed E-state index contributed by atoms with van der Waals surface area (Å²) in [5.74, 6) is -0.0914. The number of amides is 3. The molecule has 2 N–H and O–H groups in total. The quantitative estimate of drug-likeness (QED) is 0.485. The summed E-state index contributed by atoms with van der Waals surface area (Å²) in [6, 6.07) is 0.488. The van der Waals surface area contributed by atoms with Crippen molar-refractivity contribution in [1.82, 2.24) is 15.5 Å². The van der Waals surface area contributed by atoms with E-state index in [-0.39, 0.29) is 23.0 Å². The lowest BCUT2D eigenvalue weighted by Gasteiger charge is -2.50. The van der Waals surface area contributed by atoms with Gasteiger partial charge in [-0.2, -0.15) is 0 Å². The maximum Gasteiger partial charge on any atom is 0.334 e. The van der Waals surface area contributed by atoms with Crippen molar-refractivity contribution in [2.24, 2.45) is 0 Å². The van der Waals surface area contributed by atoms with Crippen molar-refractivity contribution in [3.05, 3.63) is 0 Å². The fraction of sp³-hybridized carbons (Fsp3) is 0.895. The maximum atomic E-state index is 13.2. The number of hydrogen-bond acceptors (Lipinski definition) is 5. The summed E-state index contributed by atoms with van der Waals surface area (Å²) in [6.45, 7) is 15.9. The first-order chi connectivity index (χ1) is 12.4. The molecule has 2 aliphatic rings. The topological polar surface area (TPSA) is 79.9 Å². The van der Waals surface area contributed by atoms with Crippen LogP contribution in [0.25, 0.3) is 0 Å². The molecule has 1 spiro atoms. The molecule has 0 saturated carbocycles. The molecule has 2 rings (SSSR count). The van der Waals surface area contributed by atoms with Gasteiger partial charge in [-0.25, -0.2) is 4.79 Å². The average Bonchev–Trinajstić information content (AvgIpc) is 2.67. The summed E-state index contributed by atoms with van der Waals surface area (Å²) in [7, 11) is -2.24. The Hall–Kier alpha value is -0.963. The lowest BCUT2D eigenvalue weighted by molar-refractivity contribution is -0.134.